The van der Waals surface area contributed by atoms with Crippen LogP contribution in [0, 0.1) is 3.57 Å². The van der Waals surface area contributed by atoms with Crippen molar-refractivity contribution in [2.45, 2.75) is 75.4 Å². The third-order valence-electron chi connectivity index (χ3n) is 7.50. The first-order valence-electron chi connectivity index (χ1n) is 15.2. The van der Waals surface area contributed by atoms with E-state index in [-0.39, 0.29) is 11.8 Å². The summed E-state index contributed by atoms with van der Waals surface area (Å²) in [6.07, 6.45) is -6.54. The average molecular weight is 855 g/mol. The zero-order chi connectivity index (χ0) is 38.0. The highest BCUT2D eigenvalue weighted by atomic mass is 127. The van der Waals surface area contributed by atoms with Crippen molar-refractivity contribution in [3.05, 3.63) is 58.3 Å². The van der Waals surface area contributed by atoms with E-state index in [0.29, 0.717) is 29.4 Å². The van der Waals surface area contributed by atoms with Gasteiger partial charge < -0.3 is 34.9 Å². The molecule has 10 nitrogen and oxygen atoms in total. The SMILES string of the molecule is FC(F)(F)Oc1ccc(-c2cnc(N[C@@H]3CCCC[C@H]3N[C@H]3CCCN(c4ccc(I)cc4)C3)o2)cc1.O=C(O)C(F)(F)F.O=C(O)C(F)(F)F. The summed E-state index contributed by atoms with van der Waals surface area (Å²) in [5, 5.41) is 21.6. The lowest BCUT2D eigenvalue weighted by Crippen LogP contribution is -2.54. The molecule has 20 heteroatoms. The van der Waals surface area contributed by atoms with E-state index in [4.69, 9.17) is 24.2 Å². The minimum atomic E-state index is -5.08. The van der Waals surface area contributed by atoms with E-state index in [1.165, 1.54) is 39.9 Å². The zero-order valence-electron chi connectivity index (χ0n) is 26.3. The summed E-state index contributed by atoms with van der Waals surface area (Å²) in [5.41, 5.74) is 1.90. The molecule has 0 bridgehead atoms. The molecule has 5 rings (SSSR count). The molecule has 0 spiro atoms. The normalized spacial score (nSPS) is 19.5. The highest BCUT2D eigenvalue weighted by molar-refractivity contribution is 14.1. The van der Waals surface area contributed by atoms with Crippen molar-refractivity contribution in [2.24, 2.45) is 0 Å². The van der Waals surface area contributed by atoms with Gasteiger partial charge in [-0.05, 0) is 96.8 Å². The molecule has 51 heavy (non-hydrogen) atoms. The first-order valence-corrected chi connectivity index (χ1v) is 16.2. The summed E-state index contributed by atoms with van der Waals surface area (Å²) in [7, 11) is 0. The van der Waals surface area contributed by atoms with E-state index in [1.54, 1.807) is 6.20 Å². The Bertz CT molecular complexity index is 1530. The van der Waals surface area contributed by atoms with Crippen LogP contribution in [-0.4, -0.2) is 77.1 Å². The number of halogens is 10. The summed E-state index contributed by atoms with van der Waals surface area (Å²) in [6.45, 7) is 2.06. The van der Waals surface area contributed by atoms with Gasteiger partial charge in [0.2, 0.25) is 0 Å². The number of nitrogens with one attached hydrogen (secondary N) is 2. The van der Waals surface area contributed by atoms with Crippen LogP contribution in [-0.2, 0) is 9.59 Å². The maximum absolute atomic E-state index is 12.4. The Kier molecular flexibility index (Phi) is 14.6. The van der Waals surface area contributed by atoms with Crippen molar-refractivity contribution >= 4 is 46.2 Å². The predicted molar refractivity (Wildman–Crippen MR) is 173 cm³/mol. The number of hydrogen-bond acceptors (Lipinski definition) is 8. The Morgan fingerprint density at radius 1 is 0.824 bits per heavy atom. The van der Waals surface area contributed by atoms with Gasteiger partial charge in [0.1, 0.15) is 5.75 Å². The van der Waals surface area contributed by atoms with E-state index < -0.39 is 30.7 Å². The number of nitrogens with zero attached hydrogens (tertiary/aromatic N) is 2. The van der Waals surface area contributed by atoms with Gasteiger partial charge in [0.15, 0.2) is 5.76 Å². The largest absolute Gasteiger partial charge is 0.573 e. The van der Waals surface area contributed by atoms with E-state index >= 15 is 0 Å². The molecular weight excluding hydrogens is 822 g/mol. The van der Waals surface area contributed by atoms with Crippen LogP contribution in [0.4, 0.5) is 51.2 Å². The number of benzene rings is 2. The molecule has 2 aromatic carbocycles. The van der Waals surface area contributed by atoms with Crippen molar-refractivity contribution in [1.29, 1.82) is 0 Å². The molecule has 2 aliphatic rings. The van der Waals surface area contributed by atoms with E-state index in [2.05, 4.69) is 72.1 Å². The van der Waals surface area contributed by atoms with Gasteiger partial charge in [0, 0.05) is 46.0 Å². The summed E-state index contributed by atoms with van der Waals surface area (Å²) < 4.78 is 112. The van der Waals surface area contributed by atoms with Crippen molar-refractivity contribution in [1.82, 2.24) is 10.3 Å². The second kappa shape index (κ2) is 18.0. The fourth-order valence-corrected chi connectivity index (χ4v) is 5.62. The van der Waals surface area contributed by atoms with Crippen LogP contribution in [0.15, 0.2) is 59.1 Å². The van der Waals surface area contributed by atoms with Gasteiger partial charge in [-0.3, -0.25) is 0 Å². The number of piperidine rings is 1. The molecule has 1 aromatic heterocycles. The second-order valence-electron chi connectivity index (χ2n) is 11.3. The van der Waals surface area contributed by atoms with Crippen molar-refractivity contribution < 1.29 is 68.5 Å². The van der Waals surface area contributed by atoms with E-state index in [0.717, 1.165) is 45.2 Å². The topological polar surface area (TPSA) is 137 Å². The van der Waals surface area contributed by atoms with Gasteiger partial charge in [-0.2, -0.15) is 26.3 Å². The average Bonchev–Trinajstić information content (AvgIpc) is 3.50. The molecule has 1 aliphatic heterocycles. The molecule has 282 valence electrons. The van der Waals surface area contributed by atoms with Gasteiger partial charge in [0.25, 0.3) is 6.01 Å². The molecule has 0 radical (unpaired) electrons. The van der Waals surface area contributed by atoms with Gasteiger partial charge in [-0.1, -0.05) is 12.8 Å². The number of rotatable bonds is 7. The standard InChI is InChI=1S/C27H30F3IN4O2.2C2HF3O2/c28-27(29,30)37-22-13-7-18(8-14-22)25-16-32-26(36-25)34-24-6-2-1-5-23(24)33-20-4-3-15-35(17-20)21-11-9-19(31)10-12-21;2*3-2(4,5)1(6)7/h7-14,16,20,23-24,33H,1-6,15,17H2,(H,32,34);2*(H,6,7)/t20-,23+,24+;;/m0../s1. The van der Waals surface area contributed by atoms with E-state index in [1.807, 2.05) is 0 Å². The maximum atomic E-state index is 12.4. The molecule has 1 saturated heterocycles. The fraction of sp³-hybridized carbons (Fsp3) is 0.452. The number of carboxylic acid groups (broad SMARTS) is 2. The number of carbonyl (C=O) groups is 2. The highest BCUT2D eigenvalue weighted by Gasteiger charge is 2.39. The van der Waals surface area contributed by atoms with Crippen LogP contribution >= 0.6 is 22.6 Å². The Hall–Kier alpha value is -3.95. The minimum absolute atomic E-state index is 0.191. The lowest BCUT2D eigenvalue weighted by molar-refractivity contribution is -0.274. The van der Waals surface area contributed by atoms with E-state index in [9.17, 15) is 39.5 Å². The quantitative estimate of drug-likeness (QED) is 0.136. The first-order chi connectivity index (χ1) is 23.7. The number of ether oxygens (including phenoxy) is 1. The summed E-state index contributed by atoms with van der Waals surface area (Å²) in [4.78, 5) is 24.6. The molecule has 0 amide bonds. The Balaban J connectivity index is 0.000000424. The fourth-order valence-electron chi connectivity index (χ4n) is 5.26. The molecule has 2 heterocycles. The Morgan fingerprint density at radius 2 is 1.37 bits per heavy atom. The number of aromatic nitrogens is 1. The number of aliphatic carboxylic acids is 2. The predicted octanol–water partition coefficient (Wildman–Crippen LogP) is 8.09. The van der Waals surface area contributed by atoms with Crippen molar-refractivity contribution in [2.75, 3.05) is 23.3 Å². The third kappa shape index (κ3) is 14.3. The number of hydrogen-bond donors (Lipinski definition) is 4. The maximum Gasteiger partial charge on any atom is 0.573 e. The Labute approximate surface area is 298 Å². The molecule has 3 atom stereocenters. The number of carboxylic acids is 2. The molecular formula is C31H32F9IN4O6. The highest BCUT2D eigenvalue weighted by Crippen LogP contribution is 2.30. The number of anilines is 2. The molecule has 2 fully saturated rings. The number of oxazole rings is 1. The lowest BCUT2D eigenvalue weighted by Gasteiger charge is -2.40. The second-order valence-corrected chi connectivity index (χ2v) is 12.5. The van der Waals surface area contributed by atoms with Gasteiger partial charge in [-0.15, -0.1) is 13.2 Å². The summed E-state index contributed by atoms with van der Waals surface area (Å²) in [6, 6.07) is 15.6. The van der Waals surface area contributed by atoms with Crippen LogP contribution in [0.3, 0.4) is 0 Å². The van der Waals surface area contributed by atoms with Crippen LogP contribution in [0.2, 0.25) is 0 Å². The summed E-state index contributed by atoms with van der Waals surface area (Å²) in [5.74, 6) is -5.30. The number of alkyl halides is 9. The van der Waals surface area contributed by atoms with Crippen molar-refractivity contribution in [3.63, 3.8) is 0 Å². The van der Waals surface area contributed by atoms with Crippen LogP contribution < -0.4 is 20.3 Å². The Morgan fingerprint density at radius 3 is 1.90 bits per heavy atom. The smallest absolute Gasteiger partial charge is 0.475 e. The first kappa shape index (κ1) is 41.5. The van der Waals surface area contributed by atoms with Gasteiger partial charge in [-0.25, -0.2) is 14.6 Å². The zero-order valence-corrected chi connectivity index (χ0v) is 28.4. The minimum Gasteiger partial charge on any atom is -0.475 e. The van der Waals surface area contributed by atoms with Crippen LogP contribution in [0.5, 0.6) is 5.75 Å². The molecule has 4 N–H and O–H groups in total. The van der Waals surface area contributed by atoms with Crippen LogP contribution in [0.25, 0.3) is 11.3 Å². The summed E-state index contributed by atoms with van der Waals surface area (Å²) >= 11 is 2.34. The lowest BCUT2D eigenvalue weighted by atomic mass is 9.89. The molecule has 3 aromatic rings. The third-order valence-corrected chi connectivity index (χ3v) is 8.22. The van der Waals surface area contributed by atoms with Gasteiger partial charge in [0.05, 0.1) is 6.20 Å². The van der Waals surface area contributed by atoms with Crippen LogP contribution in [0.1, 0.15) is 38.5 Å². The molecule has 0 unspecified atom stereocenters. The van der Waals surface area contributed by atoms with Gasteiger partial charge >= 0.3 is 30.7 Å². The monoisotopic (exact) mass is 854 g/mol. The molecule has 1 saturated carbocycles. The van der Waals surface area contributed by atoms with Crippen molar-refractivity contribution in [3.8, 4) is 17.1 Å². The molecule has 1 aliphatic carbocycles.